The predicted octanol–water partition coefficient (Wildman–Crippen LogP) is 0.565. The van der Waals surface area contributed by atoms with Crippen molar-refractivity contribution < 1.29 is 42.1 Å². The van der Waals surface area contributed by atoms with E-state index in [1.54, 1.807) is 0 Å². The number of carboxylic acid groups (broad SMARTS) is 1. The summed E-state index contributed by atoms with van der Waals surface area (Å²) in [6.07, 6.45) is -6.35. The number of carbonyl (C=O) groups is 1. The third kappa shape index (κ3) is 4.70. The summed E-state index contributed by atoms with van der Waals surface area (Å²) in [6, 6.07) is 0. The zero-order valence-electron chi connectivity index (χ0n) is 9.55. The number of hydrogen-bond donors (Lipinski definition) is 4. The molecule has 18 heavy (non-hydrogen) atoms. The highest BCUT2D eigenvalue weighted by molar-refractivity contribution is 5.76. The molecule has 10 heteroatoms. The molecular weight excluding hydrogens is 269 g/mol. The normalized spacial score (nSPS) is 12.7. The quantitative estimate of drug-likeness (QED) is 0.447. The largest absolute Gasteiger partial charge is 0.477 e. The predicted molar refractivity (Wildman–Crippen MR) is 50.0 cm³/mol. The van der Waals surface area contributed by atoms with Crippen molar-refractivity contribution in [3.63, 3.8) is 0 Å². The van der Waals surface area contributed by atoms with Gasteiger partial charge in [-0.1, -0.05) is 13.8 Å². The maximum absolute atomic E-state index is 12.0. The molecule has 0 saturated heterocycles. The maximum Gasteiger partial charge on any atom is 0.459 e. The van der Waals surface area contributed by atoms with Crippen LogP contribution in [0.4, 0.5) is 22.0 Å². The summed E-state index contributed by atoms with van der Waals surface area (Å²) in [4.78, 5) is 9.63. The molecular formula is C8H14F5NO4. The Hall–Kier alpha value is -1.00. The molecule has 0 aromatic heterocycles. The van der Waals surface area contributed by atoms with Crippen LogP contribution in [0.2, 0.25) is 0 Å². The molecule has 0 aliphatic rings. The van der Waals surface area contributed by atoms with E-state index in [2.05, 4.69) is 19.2 Å². The molecule has 0 aromatic carbocycles. The SMILES string of the molecule is CCNCC.O=C(O)C(O)(O)C(F)(F)C(F)(F)F. The minimum atomic E-state index is -6.35. The van der Waals surface area contributed by atoms with Crippen molar-refractivity contribution >= 4 is 5.97 Å². The molecule has 0 rings (SSSR count). The number of halogens is 5. The third-order valence-electron chi connectivity index (χ3n) is 1.59. The maximum atomic E-state index is 12.0. The molecule has 110 valence electrons. The summed E-state index contributed by atoms with van der Waals surface area (Å²) < 4.78 is 58.0. The topological polar surface area (TPSA) is 89.8 Å². The summed E-state index contributed by atoms with van der Waals surface area (Å²) in [6.45, 7) is 6.39. The van der Waals surface area contributed by atoms with Crippen LogP contribution >= 0.6 is 0 Å². The van der Waals surface area contributed by atoms with Crippen LogP contribution in [0, 0.1) is 0 Å². The van der Waals surface area contributed by atoms with Gasteiger partial charge in [-0.15, -0.1) is 0 Å². The Morgan fingerprint density at radius 1 is 1.06 bits per heavy atom. The first-order chi connectivity index (χ1) is 7.86. The Morgan fingerprint density at radius 2 is 1.39 bits per heavy atom. The van der Waals surface area contributed by atoms with Crippen LogP contribution in [0.5, 0.6) is 0 Å². The number of aliphatic hydroxyl groups is 2. The second-order valence-electron chi connectivity index (χ2n) is 3.01. The highest BCUT2D eigenvalue weighted by Crippen LogP contribution is 2.42. The van der Waals surface area contributed by atoms with E-state index >= 15 is 0 Å². The average Bonchev–Trinajstić information content (AvgIpc) is 2.17. The number of nitrogens with one attached hydrogen (secondary N) is 1. The number of aliphatic carboxylic acids is 1. The van der Waals surface area contributed by atoms with E-state index in [1.165, 1.54) is 0 Å². The summed E-state index contributed by atoms with van der Waals surface area (Å²) >= 11 is 0. The minimum absolute atomic E-state index is 1.09. The molecule has 0 atom stereocenters. The van der Waals surface area contributed by atoms with E-state index in [4.69, 9.17) is 15.3 Å². The molecule has 4 N–H and O–H groups in total. The van der Waals surface area contributed by atoms with Gasteiger partial charge in [0.05, 0.1) is 0 Å². The molecule has 0 amide bonds. The van der Waals surface area contributed by atoms with Gasteiger partial charge in [0.1, 0.15) is 0 Å². The number of hydrogen-bond acceptors (Lipinski definition) is 4. The highest BCUT2D eigenvalue weighted by atomic mass is 19.4. The number of alkyl halides is 5. The highest BCUT2D eigenvalue weighted by Gasteiger charge is 2.73. The monoisotopic (exact) mass is 283 g/mol. The first-order valence-corrected chi connectivity index (χ1v) is 4.69. The fourth-order valence-electron chi connectivity index (χ4n) is 0.582. The van der Waals surface area contributed by atoms with Crippen molar-refractivity contribution in [1.82, 2.24) is 5.32 Å². The molecule has 5 nitrogen and oxygen atoms in total. The Kier molecular flexibility index (Phi) is 7.31. The van der Waals surface area contributed by atoms with Crippen LogP contribution in [-0.2, 0) is 4.79 Å². The summed E-state index contributed by atoms with van der Waals surface area (Å²) in [5.74, 6) is -14.4. The van der Waals surface area contributed by atoms with Crippen LogP contribution in [0.25, 0.3) is 0 Å². The first-order valence-electron chi connectivity index (χ1n) is 4.69. The van der Waals surface area contributed by atoms with Crippen molar-refractivity contribution in [3.8, 4) is 0 Å². The van der Waals surface area contributed by atoms with Crippen molar-refractivity contribution in [2.75, 3.05) is 13.1 Å². The van der Waals surface area contributed by atoms with Crippen LogP contribution in [0.1, 0.15) is 13.8 Å². The average molecular weight is 283 g/mol. The van der Waals surface area contributed by atoms with Crippen LogP contribution in [-0.4, -0.2) is 52.3 Å². The second kappa shape index (κ2) is 6.81. The minimum Gasteiger partial charge on any atom is -0.477 e. The van der Waals surface area contributed by atoms with Gasteiger partial charge in [-0.05, 0) is 13.1 Å². The molecule has 0 spiro atoms. The number of carboxylic acids is 1. The van der Waals surface area contributed by atoms with E-state index in [0.29, 0.717) is 0 Å². The molecule has 0 aromatic rings. The Bertz CT molecular complexity index is 265. The third-order valence-corrected chi connectivity index (χ3v) is 1.59. The Balaban J connectivity index is 0. The van der Waals surface area contributed by atoms with Gasteiger partial charge in [-0.2, -0.15) is 22.0 Å². The van der Waals surface area contributed by atoms with Gasteiger partial charge in [-0.25, -0.2) is 4.79 Å². The molecule has 0 unspecified atom stereocenters. The smallest absolute Gasteiger partial charge is 0.459 e. The molecule has 0 aliphatic heterocycles. The molecule has 0 aliphatic carbocycles. The van der Waals surface area contributed by atoms with Gasteiger partial charge in [0.15, 0.2) is 0 Å². The van der Waals surface area contributed by atoms with Gasteiger partial charge < -0.3 is 20.6 Å². The summed E-state index contributed by atoms with van der Waals surface area (Å²) in [7, 11) is 0. The van der Waals surface area contributed by atoms with E-state index in [9.17, 15) is 26.7 Å². The van der Waals surface area contributed by atoms with Crippen molar-refractivity contribution in [1.29, 1.82) is 0 Å². The second-order valence-corrected chi connectivity index (χ2v) is 3.01. The Labute approximate surface area is 99.2 Å². The van der Waals surface area contributed by atoms with Gasteiger partial charge in [0.2, 0.25) is 0 Å². The van der Waals surface area contributed by atoms with Crippen molar-refractivity contribution in [3.05, 3.63) is 0 Å². The zero-order valence-corrected chi connectivity index (χ0v) is 9.55. The van der Waals surface area contributed by atoms with Crippen LogP contribution in [0.15, 0.2) is 0 Å². The lowest BCUT2D eigenvalue weighted by Crippen LogP contribution is -2.61. The lowest BCUT2D eigenvalue weighted by molar-refractivity contribution is -0.383. The van der Waals surface area contributed by atoms with E-state index in [-0.39, 0.29) is 0 Å². The standard InChI is InChI=1S/C4H3F5O4.C4H11N/c5-3(6,4(7,8)9)2(12,13)1(10)11;1-3-5-4-2/h12-13H,(H,10,11);5H,3-4H2,1-2H3. The molecule has 0 heterocycles. The van der Waals surface area contributed by atoms with Crippen LogP contribution in [0.3, 0.4) is 0 Å². The molecule has 0 fully saturated rings. The van der Waals surface area contributed by atoms with Crippen molar-refractivity contribution in [2.45, 2.75) is 31.7 Å². The molecule has 0 bridgehead atoms. The van der Waals surface area contributed by atoms with Gasteiger partial charge in [-0.3, -0.25) is 0 Å². The lowest BCUT2D eigenvalue weighted by Gasteiger charge is -2.28. The zero-order chi connectivity index (χ0) is 15.2. The van der Waals surface area contributed by atoms with Gasteiger partial charge in [0.25, 0.3) is 0 Å². The van der Waals surface area contributed by atoms with E-state index < -0.39 is 23.9 Å². The van der Waals surface area contributed by atoms with Gasteiger partial charge >= 0.3 is 23.9 Å². The van der Waals surface area contributed by atoms with E-state index in [0.717, 1.165) is 13.1 Å². The molecule has 0 radical (unpaired) electrons. The van der Waals surface area contributed by atoms with Crippen molar-refractivity contribution in [2.24, 2.45) is 0 Å². The summed E-state index contributed by atoms with van der Waals surface area (Å²) in [5, 5.41) is 26.7. The van der Waals surface area contributed by atoms with E-state index in [1.807, 2.05) is 0 Å². The van der Waals surface area contributed by atoms with Gasteiger partial charge in [0, 0.05) is 0 Å². The fraction of sp³-hybridized carbons (Fsp3) is 0.875. The first kappa shape index (κ1) is 19.3. The summed E-state index contributed by atoms with van der Waals surface area (Å²) in [5.41, 5.74) is 0. The van der Waals surface area contributed by atoms with Crippen LogP contribution < -0.4 is 5.32 Å². The number of rotatable bonds is 4. The fourth-order valence-corrected chi connectivity index (χ4v) is 0.582. The Morgan fingerprint density at radius 3 is 1.44 bits per heavy atom. The lowest BCUT2D eigenvalue weighted by atomic mass is 10.1. The molecule has 0 saturated carbocycles.